The molecular formula is C12H13N3O4S. The molecule has 0 amide bonds. The van der Waals surface area contributed by atoms with Crippen LogP contribution in [-0.4, -0.2) is 24.0 Å². The smallest absolute Gasteiger partial charge is 0.307 e. The van der Waals surface area contributed by atoms with Crippen molar-refractivity contribution < 1.29 is 8.42 Å². The van der Waals surface area contributed by atoms with Crippen LogP contribution in [0.1, 0.15) is 12.8 Å². The molecule has 20 heavy (non-hydrogen) atoms. The molecule has 0 atom stereocenters. The third kappa shape index (κ3) is 2.16. The van der Waals surface area contributed by atoms with Crippen molar-refractivity contribution in [3.63, 3.8) is 0 Å². The fourth-order valence-electron chi connectivity index (χ4n) is 1.94. The van der Waals surface area contributed by atoms with Crippen LogP contribution >= 0.6 is 0 Å². The molecule has 1 saturated carbocycles. The van der Waals surface area contributed by atoms with Gasteiger partial charge in [0, 0.05) is 13.1 Å². The number of fused-ring (bicyclic) bond motifs is 1. The Labute approximate surface area is 114 Å². The van der Waals surface area contributed by atoms with Crippen molar-refractivity contribution in [2.24, 2.45) is 7.05 Å². The summed E-state index contributed by atoms with van der Waals surface area (Å²) in [5, 5.41) is 0.172. The van der Waals surface area contributed by atoms with Crippen molar-refractivity contribution >= 4 is 20.9 Å². The predicted molar refractivity (Wildman–Crippen MR) is 73.2 cm³/mol. The highest BCUT2D eigenvalue weighted by atomic mass is 32.2. The van der Waals surface area contributed by atoms with Gasteiger partial charge in [0.05, 0.1) is 15.8 Å². The highest BCUT2D eigenvalue weighted by Gasteiger charge is 2.28. The number of hydrogen-bond acceptors (Lipinski definition) is 4. The Hall–Kier alpha value is -1.93. The number of H-pyrrole nitrogens is 1. The Morgan fingerprint density at radius 2 is 2.00 bits per heavy atom. The summed E-state index contributed by atoms with van der Waals surface area (Å²) < 4.78 is 27.7. The quantitative estimate of drug-likeness (QED) is 0.809. The first-order chi connectivity index (χ1) is 9.38. The monoisotopic (exact) mass is 295 g/mol. The number of hydrogen-bond donors (Lipinski definition) is 2. The molecule has 2 aromatic rings. The van der Waals surface area contributed by atoms with Crippen molar-refractivity contribution in [1.29, 1.82) is 0 Å². The summed E-state index contributed by atoms with van der Waals surface area (Å²) >= 11 is 0. The minimum atomic E-state index is -3.62. The number of nitrogens with zero attached hydrogens (tertiary/aromatic N) is 1. The van der Waals surface area contributed by atoms with Crippen molar-refractivity contribution in [2.45, 2.75) is 23.8 Å². The lowest BCUT2D eigenvalue weighted by Crippen LogP contribution is -2.32. The summed E-state index contributed by atoms with van der Waals surface area (Å²) in [6, 6.07) is 4.09. The third-order valence-electron chi connectivity index (χ3n) is 3.28. The van der Waals surface area contributed by atoms with E-state index < -0.39 is 21.3 Å². The zero-order chi connectivity index (χ0) is 14.5. The SMILES string of the molecule is Cn1c(=O)[nH]c2ccc(S(=O)(=O)NC3CC3)cc2c1=O. The third-order valence-corrected chi connectivity index (χ3v) is 4.80. The van der Waals surface area contributed by atoms with Crippen LogP contribution in [0.3, 0.4) is 0 Å². The van der Waals surface area contributed by atoms with Crippen LogP contribution in [0.4, 0.5) is 0 Å². The molecule has 1 fully saturated rings. The Bertz CT molecular complexity index is 906. The number of rotatable bonds is 3. The summed E-state index contributed by atoms with van der Waals surface area (Å²) in [6.45, 7) is 0. The van der Waals surface area contributed by atoms with E-state index in [1.54, 1.807) is 0 Å². The molecule has 0 aliphatic heterocycles. The Kier molecular flexibility index (Phi) is 2.80. The van der Waals surface area contributed by atoms with Crippen molar-refractivity contribution in [1.82, 2.24) is 14.3 Å². The molecule has 1 aliphatic carbocycles. The highest BCUT2D eigenvalue weighted by molar-refractivity contribution is 7.89. The maximum atomic E-state index is 12.1. The van der Waals surface area contributed by atoms with Crippen LogP contribution in [0.15, 0.2) is 32.7 Å². The highest BCUT2D eigenvalue weighted by Crippen LogP contribution is 2.22. The topological polar surface area (TPSA) is 101 Å². The molecular weight excluding hydrogens is 282 g/mol. The molecule has 106 valence electrons. The fraction of sp³-hybridized carbons (Fsp3) is 0.333. The maximum absolute atomic E-state index is 12.1. The number of sulfonamides is 1. The second-order valence-electron chi connectivity index (χ2n) is 4.90. The van der Waals surface area contributed by atoms with E-state index in [2.05, 4.69) is 9.71 Å². The largest absolute Gasteiger partial charge is 0.328 e. The first-order valence-corrected chi connectivity index (χ1v) is 7.62. The lowest BCUT2D eigenvalue weighted by molar-refractivity contribution is 0.581. The minimum absolute atomic E-state index is 0.00545. The van der Waals surface area contributed by atoms with E-state index in [1.165, 1.54) is 25.2 Å². The molecule has 3 rings (SSSR count). The molecule has 0 radical (unpaired) electrons. The van der Waals surface area contributed by atoms with Gasteiger partial charge in [-0.05, 0) is 31.0 Å². The van der Waals surface area contributed by atoms with Crippen LogP contribution < -0.4 is 16.0 Å². The molecule has 0 bridgehead atoms. The van der Waals surface area contributed by atoms with Gasteiger partial charge < -0.3 is 4.98 Å². The van der Waals surface area contributed by atoms with Gasteiger partial charge in [-0.15, -0.1) is 0 Å². The number of benzene rings is 1. The van der Waals surface area contributed by atoms with Gasteiger partial charge in [-0.3, -0.25) is 9.36 Å². The van der Waals surface area contributed by atoms with Crippen molar-refractivity contribution in [2.75, 3.05) is 0 Å². The first-order valence-electron chi connectivity index (χ1n) is 6.14. The summed E-state index contributed by atoms with van der Waals surface area (Å²) in [5.41, 5.74) is -0.732. The normalized spacial score (nSPS) is 15.7. The van der Waals surface area contributed by atoms with E-state index in [9.17, 15) is 18.0 Å². The average molecular weight is 295 g/mol. The van der Waals surface area contributed by atoms with Crippen molar-refractivity contribution in [3.05, 3.63) is 39.0 Å². The molecule has 1 aromatic carbocycles. The van der Waals surface area contributed by atoms with E-state index in [-0.39, 0.29) is 16.3 Å². The fourth-order valence-corrected chi connectivity index (χ4v) is 3.27. The minimum Gasteiger partial charge on any atom is -0.307 e. The molecule has 1 aromatic heterocycles. The molecule has 1 aliphatic rings. The Morgan fingerprint density at radius 3 is 2.65 bits per heavy atom. The molecule has 2 N–H and O–H groups in total. The molecule has 1 heterocycles. The lowest BCUT2D eigenvalue weighted by atomic mass is 10.2. The second-order valence-corrected chi connectivity index (χ2v) is 6.61. The number of nitrogens with one attached hydrogen (secondary N) is 2. The average Bonchev–Trinajstić information content (AvgIpc) is 3.19. The molecule has 0 spiro atoms. The van der Waals surface area contributed by atoms with Gasteiger partial charge in [-0.1, -0.05) is 0 Å². The van der Waals surface area contributed by atoms with Gasteiger partial charge in [0.2, 0.25) is 10.0 Å². The molecule has 0 saturated heterocycles. The number of aromatic amines is 1. The van der Waals surface area contributed by atoms with Gasteiger partial charge >= 0.3 is 5.69 Å². The van der Waals surface area contributed by atoms with Gasteiger partial charge in [0.15, 0.2) is 0 Å². The summed E-state index contributed by atoms with van der Waals surface area (Å²) in [6.07, 6.45) is 1.67. The molecule has 7 nitrogen and oxygen atoms in total. The van der Waals surface area contributed by atoms with E-state index in [4.69, 9.17) is 0 Å². The van der Waals surface area contributed by atoms with Crippen LogP contribution in [0.5, 0.6) is 0 Å². The summed E-state index contributed by atoms with van der Waals surface area (Å²) in [4.78, 5) is 26.0. The van der Waals surface area contributed by atoms with Crippen LogP contribution in [0.25, 0.3) is 10.9 Å². The number of aromatic nitrogens is 2. The van der Waals surface area contributed by atoms with Gasteiger partial charge in [-0.2, -0.15) is 0 Å². The zero-order valence-electron chi connectivity index (χ0n) is 10.7. The zero-order valence-corrected chi connectivity index (χ0v) is 11.5. The van der Waals surface area contributed by atoms with E-state index in [1.807, 2.05) is 0 Å². The second kappa shape index (κ2) is 4.29. The van der Waals surface area contributed by atoms with Crippen LogP contribution in [0.2, 0.25) is 0 Å². The first kappa shape index (κ1) is 13.1. The molecule has 0 unspecified atom stereocenters. The summed E-state index contributed by atoms with van der Waals surface area (Å²) in [7, 11) is -2.28. The summed E-state index contributed by atoms with van der Waals surface area (Å²) in [5.74, 6) is 0. The van der Waals surface area contributed by atoms with Gasteiger partial charge in [-0.25, -0.2) is 17.9 Å². The lowest BCUT2D eigenvalue weighted by Gasteiger charge is -2.07. The van der Waals surface area contributed by atoms with Gasteiger partial charge in [0.25, 0.3) is 5.56 Å². The van der Waals surface area contributed by atoms with E-state index in [0.717, 1.165) is 17.4 Å². The standard InChI is InChI=1S/C12H13N3O4S/c1-15-11(16)9-6-8(4-5-10(9)13-12(15)17)20(18,19)14-7-2-3-7/h4-7,14H,2-3H2,1H3,(H,13,17). The van der Waals surface area contributed by atoms with Crippen LogP contribution in [0, 0.1) is 0 Å². The van der Waals surface area contributed by atoms with E-state index in [0.29, 0.717) is 5.52 Å². The van der Waals surface area contributed by atoms with Crippen LogP contribution in [-0.2, 0) is 17.1 Å². The van der Waals surface area contributed by atoms with Gasteiger partial charge in [0.1, 0.15) is 0 Å². The maximum Gasteiger partial charge on any atom is 0.328 e. The van der Waals surface area contributed by atoms with E-state index >= 15 is 0 Å². The molecule has 8 heteroatoms. The predicted octanol–water partition coefficient (Wildman–Crippen LogP) is -0.333. The Morgan fingerprint density at radius 1 is 1.30 bits per heavy atom. The Balaban J connectivity index is 2.20. The van der Waals surface area contributed by atoms with Crippen molar-refractivity contribution in [3.8, 4) is 0 Å².